The van der Waals surface area contributed by atoms with Crippen molar-refractivity contribution in [1.82, 2.24) is 19.5 Å². The van der Waals surface area contributed by atoms with Crippen LogP contribution in [0.15, 0.2) is 78.1 Å². The minimum absolute atomic E-state index is 0.163. The third-order valence-electron chi connectivity index (χ3n) is 3.80. The van der Waals surface area contributed by atoms with Crippen LogP contribution in [0.4, 0.5) is 11.5 Å². The van der Waals surface area contributed by atoms with Crippen molar-refractivity contribution >= 4 is 22.5 Å². The molecule has 1 N–H and O–H groups in total. The predicted octanol–water partition coefficient (Wildman–Crippen LogP) is 2.98. The van der Waals surface area contributed by atoms with Gasteiger partial charge < -0.3 is 5.32 Å². The molecule has 0 radical (unpaired) electrons. The number of rotatable bonds is 4. The molecule has 0 saturated heterocycles. The fraction of sp³-hybridized carbons (Fsp3) is 0.0526. The predicted molar refractivity (Wildman–Crippen MR) is 96.9 cm³/mol. The molecule has 6 heteroatoms. The molecule has 6 nitrogen and oxygen atoms in total. The summed E-state index contributed by atoms with van der Waals surface area (Å²) in [6.07, 6.45) is 4.96. The summed E-state index contributed by atoms with van der Waals surface area (Å²) in [7, 11) is 0. The van der Waals surface area contributed by atoms with Gasteiger partial charge in [0.05, 0.1) is 30.3 Å². The van der Waals surface area contributed by atoms with Gasteiger partial charge in [0.2, 0.25) is 0 Å². The maximum Gasteiger partial charge on any atom is 0.280 e. The molecule has 0 bridgehead atoms. The van der Waals surface area contributed by atoms with Crippen LogP contribution < -0.4 is 10.9 Å². The van der Waals surface area contributed by atoms with Crippen LogP contribution in [-0.2, 0) is 6.54 Å². The van der Waals surface area contributed by atoms with Crippen molar-refractivity contribution in [3.8, 4) is 0 Å². The largest absolute Gasteiger partial charge is 0.339 e. The average Bonchev–Trinajstić information content (AvgIpc) is 2.66. The normalized spacial score (nSPS) is 10.7. The van der Waals surface area contributed by atoms with E-state index in [2.05, 4.69) is 20.3 Å². The first-order valence-electron chi connectivity index (χ1n) is 7.87. The van der Waals surface area contributed by atoms with Gasteiger partial charge in [-0.3, -0.25) is 14.3 Å². The second-order valence-corrected chi connectivity index (χ2v) is 5.59. The van der Waals surface area contributed by atoms with E-state index in [1.54, 1.807) is 35.4 Å². The quantitative estimate of drug-likeness (QED) is 0.623. The zero-order chi connectivity index (χ0) is 17.1. The summed E-state index contributed by atoms with van der Waals surface area (Å²) in [5.41, 5.74) is 2.60. The van der Waals surface area contributed by atoms with Crippen LogP contribution in [0.3, 0.4) is 0 Å². The number of aromatic nitrogens is 4. The minimum atomic E-state index is -0.163. The lowest BCUT2D eigenvalue weighted by Crippen LogP contribution is -2.22. The van der Waals surface area contributed by atoms with Crippen LogP contribution in [0.1, 0.15) is 5.56 Å². The summed E-state index contributed by atoms with van der Waals surface area (Å²) in [5.74, 6) is 0.580. The molecular weight excluding hydrogens is 314 g/mol. The van der Waals surface area contributed by atoms with Crippen molar-refractivity contribution in [2.45, 2.75) is 6.54 Å². The molecule has 0 fully saturated rings. The van der Waals surface area contributed by atoms with Gasteiger partial charge in [0.15, 0.2) is 5.52 Å². The Kier molecular flexibility index (Phi) is 3.92. The SMILES string of the molecule is O=c1c2nc(Nc3cccnc3)ccc2ncn1Cc1ccccc1. The number of anilines is 2. The molecule has 0 atom stereocenters. The van der Waals surface area contributed by atoms with E-state index in [0.29, 0.717) is 23.4 Å². The van der Waals surface area contributed by atoms with E-state index < -0.39 is 0 Å². The van der Waals surface area contributed by atoms with E-state index in [-0.39, 0.29) is 5.56 Å². The second-order valence-electron chi connectivity index (χ2n) is 5.59. The molecule has 3 aromatic heterocycles. The van der Waals surface area contributed by atoms with Crippen molar-refractivity contribution in [2.24, 2.45) is 0 Å². The molecule has 0 aliphatic heterocycles. The maximum absolute atomic E-state index is 12.8. The number of nitrogens with one attached hydrogen (secondary N) is 1. The number of hydrogen-bond acceptors (Lipinski definition) is 5. The van der Waals surface area contributed by atoms with Gasteiger partial charge in [-0.15, -0.1) is 0 Å². The standard InChI is InChI=1S/C19H15N5O/c25-19-18-16(21-13-24(19)12-14-5-2-1-3-6-14)8-9-17(23-18)22-15-7-4-10-20-11-15/h1-11,13H,12H2,(H,22,23). The Morgan fingerprint density at radius 3 is 2.68 bits per heavy atom. The Morgan fingerprint density at radius 2 is 1.88 bits per heavy atom. The molecule has 3 heterocycles. The Hall–Kier alpha value is -3.54. The van der Waals surface area contributed by atoms with E-state index >= 15 is 0 Å². The van der Waals surface area contributed by atoms with E-state index in [1.165, 1.54) is 0 Å². The fourth-order valence-corrected chi connectivity index (χ4v) is 2.58. The third-order valence-corrected chi connectivity index (χ3v) is 3.80. The van der Waals surface area contributed by atoms with Crippen molar-refractivity contribution < 1.29 is 0 Å². The number of benzene rings is 1. The molecule has 25 heavy (non-hydrogen) atoms. The molecule has 122 valence electrons. The molecule has 1 aromatic carbocycles. The van der Waals surface area contributed by atoms with Crippen molar-refractivity contribution in [3.05, 3.63) is 89.2 Å². The number of pyridine rings is 2. The first-order chi connectivity index (χ1) is 12.3. The topological polar surface area (TPSA) is 72.7 Å². The van der Waals surface area contributed by atoms with Gasteiger partial charge in [-0.25, -0.2) is 9.97 Å². The zero-order valence-corrected chi connectivity index (χ0v) is 13.3. The summed E-state index contributed by atoms with van der Waals surface area (Å²) >= 11 is 0. The Labute approximate surface area is 143 Å². The first kappa shape index (κ1) is 15.0. The summed E-state index contributed by atoms with van der Waals surface area (Å²) in [6.45, 7) is 0.463. The van der Waals surface area contributed by atoms with Gasteiger partial charge in [-0.1, -0.05) is 30.3 Å². The van der Waals surface area contributed by atoms with Gasteiger partial charge in [-0.2, -0.15) is 0 Å². The van der Waals surface area contributed by atoms with Gasteiger partial charge in [-0.05, 0) is 29.8 Å². The van der Waals surface area contributed by atoms with Crippen LogP contribution in [0.25, 0.3) is 11.0 Å². The van der Waals surface area contributed by atoms with E-state index in [1.807, 2.05) is 42.5 Å². The summed E-state index contributed by atoms with van der Waals surface area (Å²) in [6, 6.07) is 17.1. The Balaban J connectivity index is 1.71. The smallest absolute Gasteiger partial charge is 0.280 e. The lowest BCUT2D eigenvalue weighted by molar-refractivity contribution is 0.746. The molecule has 4 aromatic rings. The summed E-state index contributed by atoms with van der Waals surface area (Å²) < 4.78 is 1.57. The Bertz CT molecular complexity index is 1060. The average molecular weight is 329 g/mol. The van der Waals surface area contributed by atoms with Crippen molar-refractivity contribution in [1.29, 1.82) is 0 Å². The third kappa shape index (κ3) is 3.23. The fourth-order valence-electron chi connectivity index (χ4n) is 2.58. The van der Waals surface area contributed by atoms with E-state index in [9.17, 15) is 4.79 Å². The molecule has 0 saturated carbocycles. The maximum atomic E-state index is 12.8. The summed E-state index contributed by atoms with van der Waals surface area (Å²) in [4.78, 5) is 25.6. The van der Waals surface area contributed by atoms with Crippen LogP contribution in [0, 0.1) is 0 Å². The van der Waals surface area contributed by atoms with Crippen molar-refractivity contribution in [3.63, 3.8) is 0 Å². The van der Waals surface area contributed by atoms with E-state index in [0.717, 1.165) is 11.3 Å². The highest BCUT2D eigenvalue weighted by molar-refractivity contribution is 5.75. The highest BCUT2D eigenvalue weighted by Crippen LogP contribution is 2.15. The van der Waals surface area contributed by atoms with Gasteiger partial charge in [0, 0.05) is 6.20 Å². The Morgan fingerprint density at radius 1 is 1.00 bits per heavy atom. The molecule has 0 unspecified atom stereocenters. The van der Waals surface area contributed by atoms with Crippen LogP contribution in [0.5, 0.6) is 0 Å². The first-order valence-corrected chi connectivity index (χ1v) is 7.87. The zero-order valence-electron chi connectivity index (χ0n) is 13.3. The van der Waals surface area contributed by atoms with Gasteiger partial charge >= 0.3 is 0 Å². The van der Waals surface area contributed by atoms with Crippen LogP contribution in [-0.4, -0.2) is 19.5 Å². The number of fused-ring (bicyclic) bond motifs is 1. The molecule has 0 aliphatic carbocycles. The lowest BCUT2D eigenvalue weighted by atomic mass is 10.2. The molecule has 4 rings (SSSR count). The molecular formula is C19H15N5O. The monoisotopic (exact) mass is 329 g/mol. The van der Waals surface area contributed by atoms with Crippen molar-refractivity contribution in [2.75, 3.05) is 5.32 Å². The van der Waals surface area contributed by atoms with Crippen LogP contribution in [0.2, 0.25) is 0 Å². The second kappa shape index (κ2) is 6.52. The van der Waals surface area contributed by atoms with Gasteiger partial charge in [0.25, 0.3) is 5.56 Å². The van der Waals surface area contributed by atoms with E-state index in [4.69, 9.17) is 0 Å². The summed E-state index contributed by atoms with van der Waals surface area (Å²) in [5, 5.41) is 3.14. The number of nitrogens with zero attached hydrogens (tertiary/aromatic N) is 4. The lowest BCUT2D eigenvalue weighted by Gasteiger charge is -2.08. The molecule has 0 spiro atoms. The van der Waals surface area contributed by atoms with Crippen LogP contribution >= 0.6 is 0 Å². The molecule has 0 aliphatic rings. The number of hydrogen-bond donors (Lipinski definition) is 1. The molecule has 0 amide bonds. The van der Waals surface area contributed by atoms with Gasteiger partial charge in [0.1, 0.15) is 5.82 Å². The minimum Gasteiger partial charge on any atom is -0.339 e. The highest BCUT2D eigenvalue weighted by Gasteiger charge is 2.08. The highest BCUT2D eigenvalue weighted by atomic mass is 16.1.